The van der Waals surface area contributed by atoms with Crippen LogP contribution in [0.5, 0.6) is 0 Å². The van der Waals surface area contributed by atoms with Gasteiger partial charge in [0.05, 0.1) is 4.90 Å². The number of piperidine rings is 1. The molecule has 2 aromatic rings. The van der Waals surface area contributed by atoms with Crippen LogP contribution in [0.2, 0.25) is 0 Å². The topological polar surface area (TPSA) is 66.5 Å². The number of amides is 1. The van der Waals surface area contributed by atoms with Crippen molar-refractivity contribution in [3.8, 4) is 0 Å². The number of rotatable bonds is 7. The molecule has 1 aliphatic heterocycles. The summed E-state index contributed by atoms with van der Waals surface area (Å²) >= 11 is 0. The Kier molecular flexibility index (Phi) is 7.09. The molecule has 5 nitrogen and oxygen atoms in total. The van der Waals surface area contributed by atoms with Gasteiger partial charge in [0.2, 0.25) is 10.0 Å². The highest BCUT2D eigenvalue weighted by Crippen LogP contribution is 2.23. The van der Waals surface area contributed by atoms with Crippen molar-refractivity contribution in [3.05, 3.63) is 65.7 Å². The highest BCUT2D eigenvalue weighted by molar-refractivity contribution is 7.89. The summed E-state index contributed by atoms with van der Waals surface area (Å²) in [5.41, 5.74) is 1.88. The summed E-state index contributed by atoms with van der Waals surface area (Å²) < 4.78 is 27.4. The second kappa shape index (κ2) is 9.55. The molecule has 29 heavy (non-hydrogen) atoms. The highest BCUT2D eigenvalue weighted by Gasteiger charge is 2.24. The van der Waals surface area contributed by atoms with Crippen molar-refractivity contribution in [2.75, 3.05) is 13.1 Å². The fourth-order valence-electron chi connectivity index (χ4n) is 3.66. The standard InChI is InChI=1S/C23H30N2O3S/c1-3-18(2)24-29(27,28)22-11-9-21(10-12-22)23(26)25-15-13-20(14-16-25)17-19-7-5-4-6-8-19/h4-12,18,20,24H,3,13-17H2,1-2H3. The van der Waals surface area contributed by atoms with E-state index in [2.05, 4.69) is 29.0 Å². The lowest BCUT2D eigenvalue weighted by molar-refractivity contribution is 0.0690. The Labute approximate surface area is 174 Å². The van der Waals surface area contributed by atoms with E-state index in [0.717, 1.165) is 38.8 Å². The summed E-state index contributed by atoms with van der Waals surface area (Å²) in [6, 6.07) is 16.6. The fourth-order valence-corrected chi connectivity index (χ4v) is 4.99. The first-order chi connectivity index (χ1) is 13.9. The average molecular weight is 415 g/mol. The normalized spacial score (nSPS) is 16.6. The molecule has 1 atom stereocenters. The minimum Gasteiger partial charge on any atom is -0.339 e. The zero-order chi connectivity index (χ0) is 20.9. The second-order valence-corrected chi connectivity index (χ2v) is 9.59. The molecule has 1 N–H and O–H groups in total. The lowest BCUT2D eigenvalue weighted by atomic mass is 9.90. The molecule has 0 saturated carbocycles. The van der Waals surface area contributed by atoms with Gasteiger partial charge in [-0.05, 0) is 68.4 Å². The number of nitrogens with zero attached hydrogens (tertiary/aromatic N) is 1. The van der Waals surface area contributed by atoms with Crippen LogP contribution in [0.3, 0.4) is 0 Å². The van der Waals surface area contributed by atoms with Gasteiger partial charge in [0.1, 0.15) is 0 Å². The largest absolute Gasteiger partial charge is 0.339 e. The van der Waals surface area contributed by atoms with E-state index in [4.69, 9.17) is 0 Å². The summed E-state index contributed by atoms with van der Waals surface area (Å²) in [6.45, 7) is 5.24. The molecular formula is C23H30N2O3S. The Hall–Kier alpha value is -2.18. The number of hydrogen-bond acceptors (Lipinski definition) is 3. The molecule has 156 valence electrons. The van der Waals surface area contributed by atoms with E-state index in [1.807, 2.05) is 24.8 Å². The number of sulfonamides is 1. The van der Waals surface area contributed by atoms with Gasteiger partial charge in [0.25, 0.3) is 5.91 Å². The summed E-state index contributed by atoms with van der Waals surface area (Å²) in [4.78, 5) is 14.9. The van der Waals surface area contributed by atoms with Crippen molar-refractivity contribution in [1.82, 2.24) is 9.62 Å². The van der Waals surface area contributed by atoms with Crippen LogP contribution in [-0.2, 0) is 16.4 Å². The molecule has 1 fully saturated rings. The number of nitrogens with one attached hydrogen (secondary N) is 1. The van der Waals surface area contributed by atoms with E-state index < -0.39 is 10.0 Å². The van der Waals surface area contributed by atoms with E-state index in [1.54, 1.807) is 12.1 Å². The van der Waals surface area contributed by atoms with E-state index in [-0.39, 0.29) is 16.8 Å². The van der Waals surface area contributed by atoms with Crippen molar-refractivity contribution in [3.63, 3.8) is 0 Å². The molecule has 0 aromatic heterocycles. The zero-order valence-electron chi connectivity index (χ0n) is 17.2. The van der Waals surface area contributed by atoms with Crippen LogP contribution in [0.25, 0.3) is 0 Å². The third-order valence-corrected chi connectivity index (χ3v) is 7.25. The van der Waals surface area contributed by atoms with Crippen LogP contribution in [0.4, 0.5) is 0 Å². The van der Waals surface area contributed by atoms with Gasteiger partial charge < -0.3 is 4.90 Å². The number of hydrogen-bond donors (Lipinski definition) is 1. The van der Waals surface area contributed by atoms with E-state index in [0.29, 0.717) is 11.5 Å². The van der Waals surface area contributed by atoms with Gasteiger partial charge in [0, 0.05) is 24.7 Å². The molecule has 1 saturated heterocycles. The first-order valence-electron chi connectivity index (χ1n) is 10.3. The first kappa shape index (κ1) is 21.5. The molecule has 0 aliphatic carbocycles. The molecule has 6 heteroatoms. The lowest BCUT2D eigenvalue weighted by Crippen LogP contribution is -2.39. The van der Waals surface area contributed by atoms with Gasteiger partial charge in [0.15, 0.2) is 0 Å². The molecule has 0 radical (unpaired) electrons. The van der Waals surface area contributed by atoms with Crippen LogP contribution in [0.1, 0.15) is 49.0 Å². The molecule has 0 spiro atoms. The van der Waals surface area contributed by atoms with E-state index in [9.17, 15) is 13.2 Å². The fraction of sp³-hybridized carbons (Fsp3) is 0.435. The van der Waals surface area contributed by atoms with Gasteiger partial charge in [-0.2, -0.15) is 0 Å². The summed E-state index contributed by atoms with van der Waals surface area (Å²) in [6.07, 6.45) is 3.76. The maximum absolute atomic E-state index is 12.8. The summed E-state index contributed by atoms with van der Waals surface area (Å²) in [7, 11) is -3.55. The Morgan fingerprint density at radius 2 is 1.69 bits per heavy atom. The quantitative estimate of drug-likeness (QED) is 0.748. The summed E-state index contributed by atoms with van der Waals surface area (Å²) in [5, 5.41) is 0. The van der Waals surface area contributed by atoms with Crippen molar-refractivity contribution in [1.29, 1.82) is 0 Å². The van der Waals surface area contributed by atoms with Crippen molar-refractivity contribution < 1.29 is 13.2 Å². The van der Waals surface area contributed by atoms with Gasteiger partial charge in [-0.15, -0.1) is 0 Å². The minimum atomic E-state index is -3.55. The Balaban J connectivity index is 1.57. The van der Waals surface area contributed by atoms with Crippen molar-refractivity contribution >= 4 is 15.9 Å². The number of carbonyl (C=O) groups excluding carboxylic acids is 1. The predicted octanol–water partition coefficient (Wildman–Crippen LogP) is 3.86. The number of likely N-dealkylation sites (tertiary alicyclic amines) is 1. The van der Waals surface area contributed by atoms with Crippen molar-refractivity contribution in [2.24, 2.45) is 5.92 Å². The molecule has 1 aliphatic rings. The monoisotopic (exact) mass is 414 g/mol. The lowest BCUT2D eigenvalue weighted by Gasteiger charge is -2.32. The van der Waals surface area contributed by atoms with Gasteiger partial charge >= 0.3 is 0 Å². The maximum atomic E-state index is 12.8. The van der Waals surface area contributed by atoms with E-state index in [1.165, 1.54) is 17.7 Å². The minimum absolute atomic E-state index is 0.0259. The zero-order valence-corrected chi connectivity index (χ0v) is 18.0. The maximum Gasteiger partial charge on any atom is 0.253 e. The Bertz CT molecular complexity index is 903. The predicted molar refractivity (Wildman–Crippen MR) is 115 cm³/mol. The van der Waals surface area contributed by atoms with Crippen molar-refractivity contribution in [2.45, 2.75) is 50.5 Å². The molecule has 1 amide bonds. The molecule has 1 unspecified atom stereocenters. The third kappa shape index (κ3) is 5.67. The van der Waals surface area contributed by atoms with Crippen LogP contribution in [0, 0.1) is 5.92 Å². The van der Waals surface area contributed by atoms with Gasteiger partial charge in [-0.3, -0.25) is 4.79 Å². The second-order valence-electron chi connectivity index (χ2n) is 7.88. The molecule has 3 rings (SSSR count). The molecule has 0 bridgehead atoms. The molecular weight excluding hydrogens is 384 g/mol. The molecule has 2 aromatic carbocycles. The molecule has 1 heterocycles. The number of carbonyl (C=O) groups is 1. The van der Waals surface area contributed by atoms with E-state index >= 15 is 0 Å². The third-order valence-electron chi connectivity index (χ3n) is 5.65. The summed E-state index contributed by atoms with van der Waals surface area (Å²) in [5.74, 6) is 0.572. The van der Waals surface area contributed by atoms with Crippen LogP contribution >= 0.6 is 0 Å². The Morgan fingerprint density at radius 3 is 2.28 bits per heavy atom. The van der Waals surface area contributed by atoms with Crippen LogP contribution in [0.15, 0.2) is 59.5 Å². The smallest absolute Gasteiger partial charge is 0.253 e. The SMILES string of the molecule is CCC(C)NS(=O)(=O)c1ccc(C(=O)N2CCC(Cc3ccccc3)CC2)cc1. The van der Waals surface area contributed by atoms with Crippen LogP contribution in [-0.4, -0.2) is 38.4 Å². The first-order valence-corrected chi connectivity index (χ1v) is 11.8. The van der Waals surface area contributed by atoms with Gasteiger partial charge in [-0.1, -0.05) is 37.3 Å². The number of benzene rings is 2. The van der Waals surface area contributed by atoms with Crippen LogP contribution < -0.4 is 4.72 Å². The van der Waals surface area contributed by atoms with Gasteiger partial charge in [-0.25, -0.2) is 13.1 Å². The Morgan fingerprint density at radius 1 is 1.07 bits per heavy atom. The average Bonchev–Trinajstić information content (AvgIpc) is 2.74. The highest BCUT2D eigenvalue weighted by atomic mass is 32.2.